The van der Waals surface area contributed by atoms with Crippen molar-refractivity contribution in [3.05, 3.63) is 47.4 Å². The number of nitrogens with one attached hydrogen (secondary N) is 2. The summed E-state index contributed by atoms with van der Waals surface area (Å²) in [5, 5.41) is 18.7. The summed E-state index contributed by atoms with van der Waals surface area (Å²) in [4.78, 5) is 34.3. The second kappa shape index (κ2) is 11.0. The Morgan fingerprint density at radius 1 is 1.14 bits per heavy atom. The summed E-state index contributed by atoms with van der Waals surface area (Å²) >= 11 is 0. The first-order valence-electron chi connectivity index (χ1n) is 11.7. The minimum atomic E-state index is -0.317. The average molecular weight is 479 g/mol. The molecule has 1 fully saturated rings. The first-order valence-corrected chi connectivity index (χ1v) is 11.7. The van der Waals surface area contributed by atoms with Gasteiger partial charge in [-0.2, -0.15) is 4.80 Å². The third kappa shape index (κ3) is 6.58. The summed E-state index contributed by atoms with van der Waals surface area (Å²) in [5.41, 5.74) is 1.60. The first kappa shape index (κ1) is 24.2. The standard InChI is InChI=1S/C24H30N8O3/c1-15-26-21(12-22(27-15)24(34)25-13-18-5-4-6-20(11-18)35-3)23-29-31-32(30-23)14-17-7-9-19(10-8-17)28-16(2)33/h4-6,11-12,17,19H,7-10,13-14H2,1-3H3,(H,25,34)(H,28,33)/t17-,19-. The fourth-order valence-corrected chi connectivity index (χ4v) is 4.28. The Bertz CT molecular complexity index is 1190. The van der Waals surface area contributed by atoms with Gasteiger partial charge in [0.05, 0.1) is 13.7 Å². The summed E-state index contributed by atoms with van der Waals surface area (Å²) < 4.78 is 5.22. The van der Waals surface area contributed by atoms with Gasteiger partial charge in [0, 0.05) is 19.5 Å². The normalized spacial score (nSPS) is 17.6. The number of carbonyl (C=O) groups is 2. The van der Waals surface area contributed by atoms with Gasteiger partial charge in [-0.3, -0.25) is 9.59 Å². The van der Waals surface area contributed by atoms with Crippen LogP contribution in [0.5, 0.6) is 5.75 Å². The number of rotatable bonds is 8. The van der Waals surface area contributed by atoms with Gasteiger partial charge in [-0.15, -0.1) is 10.2 Å². The van der Waals surface area contributed by atoms with Crippen molar-refractivity contribution in [1.82, 2.24) is 40.8 Å². The van der Waals surface area contributed by atoms with E-state index in [4.69, 9.17) is 4.74 Å². The molecule has 1 aliphatic carbocycles. The van der Waals surface area contributed by atoms with E-state index in [1.54, 1.807) is 31.8 Å². The third-order valence-corrected chi connectivity index (χ3v) is 6.02. The van der Waals surface area contributed by atoms with E-state index in [0.717, 1.165) is 37.0 Å². The molecule has 35 heavy (non-hydrogen) atoms. The second-order valence-electron chi connectivity index (χ2n) is 8.81. The quantitative estimate of drug-likeness (QED) is 0.502. The van der Waals surface area contributed by atoms with Gasteiger partial charge in [0.15, 0.2) is 0 Å². The molecular weight excluding hydrogens is 448 g/mol. The van der Waals surface area contributed by atoms with Crippen LogP contribution in [0.25, 0.3) is 11.5 Å². The van der Waals surface area contributed by atoms with Crippen LogP contribution in [0.4, 0.5) is 0 Å². The van der Waals surface area contributed by atoms with Gasteiger partial charge in [-0.1, -0.05) is 12.1 Å². The van der Waals surface area contributed by atoms with Crippen LogP contribution in [0.3, 0.4) is 0 Å². The van der Waals surface area contributed by atoms with Crippen molar-refractivity contribution in [3.8, 4) is 17.3 Å². The Morgan fingerprint density at radius 3 is 2.69 bits per heavy atom. The minimum Gasteiger partial charge on any atom is -0.497 e. The summed E-state index contributed by atoms with van der Waals surface area (Å²) in [6.45, 7) is 4.27. The van der Waals surface area contributed by atoms with Gasteiger partial charge in [-0.25, -0.2) is 9.97 Å². The number of nitrogens with zero attached hydrogens (tertiary/aromatic N) is 6. The molecule has 2 N–H and O–H groups in total. The lowest BCUT2D eigenvalue weighted by Crippen LogP contribution is -2.36. The molecule has 0 aliphatic heterocycles. The van der Waals surface area contributed by atoms with E-state index in [1.165, 1.54) is 0 Å². The molecule has 184 valence electrons. The molecule has 1 aliphatic rings. The van der Waals surface area contributed by atoms with Crippen molar-refractivity contribution < 1.29 is 14.3 Å². The first-order chi connectivity index (χ1) is 16.9. The maximum absolute atomic E-state index is 12.7. The van der Waals surface area contributed by atoms with E-state index in [-0.39, 0.29) is 23.6 Å². The van der Waals surface area contributed by atoms with Gasteiger partial charge in [-0.05, 0) is 67.5 Å². The van der Waals surface area contributed by atoms with Gasteiger partial charge < -0.3 is 15.4 Å². The molecule has 4 rings (SSSR count). The summed E-state index contributed by atoms with van der Waals surface area (Å²) in [5.74, 6) is 1.65. The van der Waals surface area contributed by atoms with Crippen LogP contribution in [0.15, 0.2) is 30.3 Å². The van der Waals surface area contributed by atoms with Crippen LogP contribution < -0.4 is 15.4 Å². The van der Waals surface area contributed by atoms with E-state index in [1.807, 2.05) is 24.3 Å². The van der Waals surface area contributed by atoms with Crippen molar-refractivity contribution >= 4 is 11.8 Å². The minimum absolute atomic E-state index is 0.0181. The Morgan fingerprint density at radius 2 is 1.94 bits per heavy atom. The molecule has 11 heteroatoms. The van der Waals surface area contributed by atoms with Crippen molar-refractivity contribution in [2.75, 3.05) is 7.11 Å². The Kier molecular flexibility index (Phi) is 7.64. The van der Waals surface area contributed by atoms with Crippen LogP contribution in [0.2, 0.25) is 0 Å². The van der Waals surface area contributed by atoms with Crippen molar-refractivity contribution in [2.45, 2.75) is 58.7 Å². The van der Waals surface area contributed by atoms with E-state index in [2.05, 4.69) is 36.0 Å². The molecule has 0 spiro atoms. The van der Waals surface area contributed by atoms with E-state index < -0.39 is 0 Å². The van der Waals surface area contributed by atoms with Crippen LogP contribution >= 0.6 is 0 Å². The SMILES string of the molecule is COc1cccc(CNC(=O)c2cc(-c3nnn(C[C@H]4CC[C@H](NC(C)=O)CC4)n3)nc(C)n2)c1. The molecule has 0 radical (unpaired) electrons. The summed E-state index contributed by atoms with van der Waals surface area (Å²) in [7, 11) is 1.60. The number of benzene rings is 1. The highest BCUT2D eigenvalue weighted by Crippen LogP contribution is 2.25. The number of amides is 2. The zero-order chi connectivity index (χ0) is 24.8. The van der Waals surface area contributed by atoms with Crippen molar-refractivity contribution in [1.29, 1.82) is 0 Å². The average Bonchev–Trinajstić information content (AvgIpc) is 3.32. The van der Waals surface area contributed by atoms with Gasteiger partial charge in [0.2, 0.25) is 11.7 Å². The maximum atomic E-state index is 12.7. The van der Waals surface area contributed by atoms with Crippen LogP contribution in [0.1, 0.15) is 54.5 Å². The lowest BCUT2D eigenvalue weighted by molar-refractivity contribution is -0.119. The number of aryl methyl sites for hydroxylation is 1. The highest BCUT2D eigenvalue weighted by atomic mass is 16.5. The smallest absolute Gasteiger partial charge is 0.270 e. The monoisotopic (exact) mass is 478 g/mol. The molecular formula is C24H30N8O3. The zero-order valence-corrected chi connectivity index (χ0v) is 20.2. The summed E-state index contributed by atoms with van der Waals surface area (Å²) in [6.07, 6.45) is 3.88. The second-order valence-corrected chi connectivity index (χ2v) is 8.81. The Labute approximate surface area is 203 Å². The lowest BCUT2D eigenvalue weighted by Gasteiger charge is -2.28. The van der Waals surface area contributed by atoms with Gasteiger partial charge in [0.1, 0.15) is 23.0 Å². The number of hydrogen-bond acceptors (Lipinski definition) is 8. The van der Waals surface area contributed by atoms with Crippen LogP contribution in [-0.4, -0.2) is 55.1 Å². The molecule has 0 saturated heterocycles. The molecule has 2 heterocycles. The van der Waals surface area contributed by atoms with Gasteiger partial charge >= 0.3 is 0 Å². The largest absolute Gasteiger partial charge is 0.497 e. The zero-order valence-electron chi connectivity index (χ0n) is 20.2. The molecule has 2 aromatic heterocycles. The molecule has 0 atom stereocenters. The molecule has 0 unspecified atom stereocenters. The Hall–Kier alpha value is -3.89. The molecule has 0 bridgehead atoms. The van der Waals surface area contributed by atoms with Crippen molar-refractivity contribution in [3.63, 3.8) is 0 Å². The van der Waals surface area contributed by atoms with E-state index >= 15 is 0 Å². The highest BCUT2D eigenvalue weighted by molar-refractivity contribution is 5.93. The Balaban J connectivity index is 1.38. The predicted octanol–water partition coefficient (Wildman–Crippen LogP) is 2.07. The van der Waals surface area contributed by atoms with Gasteiger partial charge in [0.25, 0.3) is 5.91 Å². The number of aromatic nitrogens is 6. The summed E-state index contributed by atoms with van der Waals surface area (Å²) in [6, 6.07) is 9.33. The van der Waals surface area contributed by atoms with Crippen LogP contribution in [-0.2, 0) is 17.9 Å². The van der Waals surface area contributed by atoms with Crippen LogP contribution in [0, 0.1) is 12.8 Å². The maximum Gasteiger partial charge on any atom is 0.270 e. The topological polar surface area (TPSA) is 137 Å². The third-order valence-electron chi connectivity index (χ3n) is 6.02. The molecule has 1 aromatic carbocycles. The number of hydrogen-bond donors (Lipinski definition) is 2. The fourth-order valence-electron chi connectivity index (χ4n) is 4.28. The number of carbonyl (C=O) groups excluding carboxylic acids is 2. The predicted molar refractivity (Wildman–Crippen MR) is 127 cm³/mol. The fraction of sp³-hybridized carbons (Fsp3) is 0.458. The molecule has 11 nitrogen and oxygen atoms in total. The molecule has 3 aromatic rings. The lowest BCUT2D eigenvalue weighted by atomic mass is 9.86. The number of tetrazole rings is 1. The van der Waals surface area contributed by atoms with E-state index in [0.29, 0.717) is 36.4 Å². The van der Waals surface area contributed by atoms with Crippen molar-refractivity contribution in [2.24, 2.45) is 5.92 Å². The number of methoxy groups -OCH3 is 1. The molecule has 1 saturated carbocycles. The number of ether oxygens (including phenoxy) is 1. The highest BCUT2D eigenvalue weighted by Gasteiger charge is 2.23. The molecule has 2 amide bonds. The van der Waals surface area contributed by atoms with E-state index in [9.17, 15) is 9.59 Å².